The summed E-state index contributed by atoms with van der Waals surface area (Å²) < 4.78 is 12.2. The number of ether oxygens (including phenoxy) is 1. The number of unbranched alkanes of at least 4 members (excludes halogenated alkanes) is 1. The minimum absolute atomic E-state index is 0.0112. The topological polar surface area (TPSA) is 143 Å². The van der Waals surface area contributed by atoms with Gasteiger partial charge in [0.2, 0.25) is 0 Å². The first kappa shape index (κ1) is 37.0. The van der Waals surface area contributed by atoms with Gasteiger partial charge in [0, 0.05) is 54.8 Å². The fraction of sp³-hybridized carbons (Fsp3) is 0.659. The smallest absolute Gasteiger partial charge is 0.161 e. The average molecular weight is 692 g/mol. The number of hydrogen-bond acceptors (Lipinski definition) is 8. The summed E-state index contributed by atoms with van der Waals surface area (Å²) in [6.07, 6.45) is 12.9. The molecular formula is C41H61N3O6. The van der Waals surface area contributed by atoms with E-state index >= 15 is 0 Å². The molecule has 0 saturated heterocycles. The van der Waals surface area contributed by atoms with E-state index in [4.69, 9.17) is 9.15 Å². The molecule has 9 nitrogen and oxygen atoms in total. The summed E-state index contributed by atoms with van der Waals surface area (Å²) in [7, 11) is 2.00. The molecule has 3 aliphatic carbocycles. The number of benzene rings is 1. The first-order valence-corrected chi connectivity index (χ1v) is 19.4. The van der Waals surface area contributed by atoms with Crippen molar-refractivity contribution in [2.24, 2.45) is 17.3 Å². The molecule has 276 valence electrons. The van der Waals surface area contributed by atoms with Crippen LogP contribution in [0.4, 0.5) is 0 Å². The van der Waals surface area contributed by atoms with Crippen molar-refractivity contribution in [3.8, 4) is 11.5 Å². The van der Waals surface area contributed by atoms with Gasteiger partial charge in [0.25, 0.3) is 0 Å². The van der Waals surface area contributed by atoms with Gasteiger partial charge >= 0.3 is 0 Å². The lowest BCUT2D eigenvalue weighted by Gasteiger charge is -2.41. The van der Waals surface area contributed by atoms with Crippen LogP contribution < -0.4 is 15.4 Å². The van der Waals surface area contributed by atoms with Crippen LogP contribution in [0.25, 0.3) is 0 Å². The maximum Gasteiger partial charge on any atom is 0.161 e. The summed E-state index contributed by atoms with van der Waals surface area (Å²) >= 11 is 0. The minimum Gasteiger partial charge on any atom is -0.504 e. The molecule has 2 aromatic heterocycles. The quantitative estimate of drug-likeness (QED) is 0.0885. The van der Waals surface area contributed by atoms with E-state index in [1.165, 1.54) is 56.2 Å². The Kier molecular flexibility index (Phi) is 12.3. The van der Waals surface area contributed by atoms with Crippen LogP contribution in [0.1, 0.15) is 123 Å². The zero-order valence-corrected chi connectivity index (χ0v) is 30.5. The van der Waals surface area contributed by atoms with Crippen molar-refractivity contribution in [3.63, 3.8) is 0 Å². The number of nitrogens with one attached hydrogen (secondary N) is 3. The molecule has 50 heavy (non-hydrogen) atoms. The van der Waals surface area contributed by atoms with Crippen molar-refractivity contribution in [1.82, 2.24) is 15.6 Å². The lowest BCUT2D eigenvalue weighted by molar-refractivity contribution is 0.0996. The second kappa shape index (κ2) is 16.7. The van der Waals surface area contributed by atoms with Gasteiger partial charge in [-0.2, -0.15) is 0 Å². The molecule has 0 amide bonds. The molecule has 7 N–H and O–H groups in total. The summed E-state index contributed by atoms with van der Waals surface area (Å²) in [4.78, 5) is 3.71. The van der Waals surface area contributed by atoms with Crippen LogP contribution in [0.5, 0.6) is 11.5 Å². The largest absolute Gasteiger partial charge is 0.504 e. The van der Waals surface area contributed by atoms with Crippen molar-refractivity contribution >= 4 is 0 Å². The number of phenolic OH excluding ortho intramolecular Hbond substituents is 1. The fourth-order valence-electron chi connectivity index (χ4n) is 9.75. The van der Waals surface area contributed by atoms with E-state index in [9.17, 15) is 20.4 Å². The van der Waals surface area contributed by atoms with Crippen LogP contribution >= 0.6 is 0 Å². The summed E-state index contributed by atoms with van der Waals surface area (Å²) in [5.41, 5.74) is 5.48. The van der Waals surface area contributed by atoms with Gasteiger partial charge < -0.3 is 45.2 Å². The molecule has 0 bridgehead atoms. The third kappa shape index (κ3) is 8.13. The minimum atomic E-state index is -0.890. The number of aryl methyl sites for hydroxylation is 3. The monoisotopic (exact) mass is 691 g/mol. The Morgan fingerprint density at radius 2 is 1.86 bits per heavy atom. The zero-order valence-electron chi connectivity index (χ0n) is 30.5. The molecular weight excluding hydrogens is 630 g/mol. The normalized spacial score (nSPS) is 23.0. The highest BCUT2D eigenvalue weighted by Gasteiger charge is 2.53. The zero-order chi connectivity index (χ0) is 35.3. The first-order valence-electron chi connectivity index (χ1n) is 19.4. The summed E-state index contributed by atoms with van der Waals surface area (Å²) in [6, 6.07) is 9.68. The predicted octanol–water partition coefficient (Wildman–Crippen LogP) is 6.22. The van der Waals surface area contributed by atoms with E-state index < -0.39 is 12.2 Å². The van der Waals surface area contributed by atoms with Gasteiger partial charge in [0.05, 0.1) is 12.7 Å². The number of aromatic nitrogens is 1. The molecule has 3 aliphatic rings. The van der Waals surface area contributed by atoms with Crippen molar-refractivity contribution in [2.75, 3.05) is 26.7 Å². The van der Waals surface area contributed by atoms with Crippen LogP contribution in [0.2, 0.25) is 0 Å². The second-order valence-electron chi connectivity index (χ2n) is 15.6. The molecule has 0 radical (unpaired) electrons. The highest BCUT2D eigenvalue weighted by atomic mass is 16.5. The van der Waals surface area contributed by atoms with E-state index in [2.05, 4.69) is 28.6 Å². The van der Waals surface area contributed by atoms with Crippen molar-refractivity contribution in [3.05, 3.63) is 69.9 Å². The molecule has 0 unspecified atom stereocenters. The number of aliphatic hydroxyl groups excluding tert-OH is 3. The number of likely N-dealkylation sites (N-methyl/N-ethyl adjacent to an activating group) is 1. The number of aliphatic hydroxyl groups is 3. The van der Waals surface area contributed by atoms with Crippen LogP contribution in [0.15, 0.2) is 34.7 Å². The molecule has 6 rings (SSSR count). The van der Waals surface area contributed by atoms with Crippen molar-refractivity contribution < 1.29 is 29.6 Å². The Morgan fingerprint density at radius 3 is 2.60 bits per heavy atom. The SMILES string of the molecule is CCCCc1oc(CCc2ccc(O)c(OC[C@H](O)c3cc4c([nH]3)CC3(CCCC3)[C@@H]3CCC[C@@H]3[C@@H]4[C@H](CNC)NC[C@H](C)O)c2)cc1CO. The number of aromatic hydroxyl groups is 1. The van der Waals surface area contributed by atoms with Crippen LogP contribution in [-0.4, -0.2) is 64.3 Å². The third-order valence-electron chi connectivity index (χ3n) is 12.1. The molecule has 3 aromatic rings. The van der Waals surface area contributed by atoms with Gasteiger partial charge in [-0.15, -0.1) is 0 Å². The van der Waals surface area contributed by atoms with Crippen LogP contribution in [0, 0.1) is 17.3 Å². The Morgan fingerprint density at radius 1 is 1.04 bits per heavy atom. The Bertz CT molecular complexity index is 1520. The lowest BCUT2D eigenvalue weighted by atomic mass is 9.65. The molecule has 6 atom stereocenters. The summed E-state index contributed by atoms with van der Waals surface area (Å²) in [5, 5.41) is 49.3. The van der Waals surface area contributed by atoms with Gasteiger partial charge in [0.15, 0.2) is 11.5 Å². The van der Waals surface area contributed by atoms with Gasteiger partial charge in [-0.25, -0.2) is 0 Å². The van der Waals surface area contributed by atoms with E-state index in [1.54, 1.807) is 6.07 Å². The highest BCUT2D eigenvalue weighted by molar-refractivity contribution is 5.42. The molecule has 9 heteroatoms. The number of rotatable bonds is 17. The number of phenols is 1. The highest BCUT2D eigenvalue weighted by Crippen LogP contribution is 2.60. The van der Waals surface area contributed by atoms with Crippen molar-refractivity contribution in [1.29, 1.82) is 0 Å². The van der Waals surface area contributed by atoms with Gasteiger partial charge in [-0.1, -0.05) is 38.7 Å². The summed E-state index contributed by atoms with van der Waals surface area (Å²) in [6.45, 7) is 5.31. The lowest BCUT2D eigenvalue weighted by Crippen LogP contribution is -2.47. The number of furan rings is 1. The third-order valence-corrected chi connectivity index (χ3v) is 12.1. The second-order valence-corrected chi connectivity index (χ2v) is 15.6. The van der Waals surface area contributed by atoms with Gasteiger partial charge in [-0.3, -0.25) is 0 Å². The van der Waals surface area contributed by atoms with Gasteiger partial charge in [-0.05, 0) is 112 Å². The Labute approximate surface area is 298 Å². The summed E-state index contributed by atoms with van der Waals surface area (Å²) in [5.74, 6) is 3.64. The van der Waals surface area contributed by atoms with E-state index in [1.807, 2.05) is 32.2 Å². The molecule has 1 spiro atoms. The molecule has 2 heterocycles. The number of aromatic amines is 1. The maximum absolute atomic E-state index is 11.5. The molecule has 0 aliphatic heterocycles. The first-order chi connectivity index (χ1) is 24.2. The number of H-pyrrole nitrogens is 1. The van der Waals surface area contributed by atoms with Crippen LogP contribution in [-0.2, 0) is 32.3 Å². The number of fused-ring (bicyclic) bond motifs is 3. The number of hydrogen-bond donors (Lipinski definition) is 7. The molecule has 1 aromatic carbocycles. The molecule has 2 fully saturated rings. The fourth-order valence-corrected chi connectivity index (χ4v) is 9.75. The van der Waals surface area contributed by atoms with E-state index in [0.717, 1.165) is 60.6 Å². The van der Waals surface area contributed by atoms with E-state index in [-0.39, 0.29) is 30.9 Å². The Balaban J connectivity index is 1.19. The Hall–Kier alpha value is -2.82. The average Bonchev–Trinajstić information content (AvgIpc) is 3.92. The molecule has 2 saturated carbocycles. The van der Waals surface area contributed by atoms with Crippen molar-refractivity contribution in [2.45, 2.75) is 128 Å². The maximum atomic E-state index is 11.5. The van der Waals surface area contributed by atoms with Gasteiger partial charge in [0.1, 0.15) is 24.2 Å². The van der Waals surface area contributed by atoms with Crippen LogP contribution in [0.3, 0.4) is 0 Å². The van der Waals surface area contributed by atoms with E-state index in [0.29, 0.717) is 42.4 Å². The predicted molar refractivity (Wildman–Crippen MR) is 196 cm³/mol. The standard InChI is InChI=1S/C41H61N3O6/c1-4-5-11-38-28(24-45)19-29(50-38)14-12-27-13-15-36(47)39(18-27)49-25-37(48)33-20-31-34(44-33)21-41(16-6-7-17-41)32-10-8-9-30(32)40(31)35(23-42-3)43-22-26(2)46/h13,15,18-20,26,30,32,35,37,40,42-48H,4-12,14,16-17,21-25H2,1-3H3/t26-,30-,32+,35-,37-,40-/m0/s1.